The summed E-state index contributed by atoms with van der Waals surface area (Å²) < 4.78 is 5.03. The van der Waals surface area contributed by atoms with Crippen LogP contribution in [-0.2, 0) is 4.74 Å². The van der Waals surface area contributed by atoms with E-state index in [2.05, 4.69) is 0 Å². The molecule has 0 aromatic carbocycles. The van der Waals surface area contributed by atoms with E-state index in [9.17, 15) is 0 Å². The van der Waals surface area contributed by atoms with Gasteiger partial charge in [0.2, 0.25) is 0 Å². The Bertz CT molecular complexity index is 109. The van der Waals surface area contributed by atoms with Gasteiger partial charge in [0.1, 0.15) is 15.7 Å². The summed E-state index contributed by atoms with van der Waals surface area (Å²) in [7, 11) is 10.4. The normalized spacial score (nSPS) is 22.9. The Morgan fingerprint density at radius 3 is 2.10 bits per heavy atom. The highest BCUT2D eigenvalue weighted by molar-refractivity contribution is 6.38. The molecule has 0 saturated carbocycles. The Hall–Kier alpha value is 0.00987. The fraction of sp³-hybridized carbons (Fsp3) is 1.00. The van der Waals surface area contributed by atoms with E-state index in [0.717, 1.165) is 0 Å². The van der Waals surface area contributed by atoms with E-state index in [4.69, 9.17) is 25.5 Å². The average molecular weight is 137 g/mol. The highest BCUT2D eigenvalue weighted by Gasteiger charge is 2.23. The molecule has 0 bridgehead atoms. The van der Waals surface area contributed by atoms with Crippen LogP contribution in [-0.4, -0.2) is 57.5 Å². The van der Waals surface area contributed by atoms with E-state index in [1.807, 2.05) is 0 Å². The van der Waals surface area contributed by atoms with E-state index in [1.54, 1.807) is 4.90 Å². The van der Waals surface area contributed by atoms with Crippen LogP contribution in [0, 0.1) is 0 Å². The van der Waals surface area contributed by atoms with Gasteiger partial charge < -0.3 is 9.84 Å². The number of hydrogen-bond acceptors (Lipinski definition) is 3. The molecule has 0 atom stereocenters. The molecule has 4 radical (unpaired) electrons. The fourth-order valence-corrected chi connectivity index (χ4v) is 0.922. The SMILES string of the molecule is [B]C([B])(O)N1CCOCC1. The van der Waals surface area contributed by atoms with Crippen molar-refractivity contribution in [3.05, 3.63) is 0 Å². The molecule has 0 aliphatic carbocycles. The van der Waals surface area contributed by atoms with Gasteiger partial charge in [0, 0.05) is 18.6 Å². The fourth-order valence-electron chi connectivity index (χ4n) is 0.922. The first kappa shape index (κ1) is 8.11. The van der Waals surface area contributed by atoms with Crippen molar-refractivity contribution >= 4 is 15.7 Å². The van der Waals surface area contributed by atoms with Gasteiger partial charge in [0.15, 0.2) is 0 Å². The van der Waals surface area contributed by atoms with Gasteiger partial charge in [-0.25, -0.2) is 0 Å². The van der Waals surface area contributed by atoms with Gasteiger partial charge in [-0.1, -0.05) is 0 Å². The zero-order chi connectivity index (χ0) is 7.61. The molecule has 0 aromatic heterocycles. The molecule has 1 heterocycles. The summed E-state index contributed by atoms with van der Waals surface area (Å²) in [4.78, 5) is 1.57. The highest BCUT2D eigenvalue weighted by Crippen LogP contribution is 2.05. The average Bonchev–Trinajstić information content (AvgIpc) is 1.88. The van der Waals surface area contributed by atoms with Gasteiger partial charge >= 0.3 is 0 Å². The van der Waals surface area contributed by atoms with Gasteiger partial charge in [0.25, 0.3) is 0 Å². The third-order valence-corrected chi connectivity index (χ3v) is 1.52. The Labute approximate surface area is 63.2 Å². The van der Waals surface area contributed by atoms with E-state index in [0.29, 0.717) is 26.3 Å². The molecule has 10 heavy (non-hydrogen) atoms. The third kappa shape index (κ3) is 2.01. The lowest BCUT2D eigenvalue weighted by atomic mass is 9.72. The van der Waals surface area contributed by atoms with Crippen molar-refractivity contribution in [2.75, 3.05) is 26.3 Å². The Morgan fingerprint density at radius 2 is 1.80 bits per heavy atom. The van der Waals surface area contributed by atoms with Gasteiger partial charge in [-0.2, -0.15) is 0 Å². The second-order valence-corrected chi connectivity index (χ2v) is 2.38. The first-order chi connectivity index (χ1) is 4.61. The summed E-state index contributed by atoms with van der Waals surface area (Å²) in [6, 6.07) is 0. The summed E-state index contributed by atoms with van der Waals surface area (Å²) in [6.45, 7) is 2.33. The number of hydrogen-bond donors (Lipinski definition) is 1. The Morgan fingerprint density at radius 1 is 1.30 bits per heavy atom. The minimum atomic E-state index is -1.68. The van der Waals surface area contributed by atoms with E-state index in [-0.39, 0.29) is 0 Å². The zero-order valence-corrected chi connectivity index (χ0v) is 5.79. The molecule has 0 amide bonds. The number of nitrogens with zero attached hydrogens (tertiary/aromatic N) is 1. The summed E-state index contributed by atoms with van der Waals surface area (Å²) >= 11 is 0. The number of morpholine rings is 1. The number of aliphatic hydroxyl groups is 1. The molecule has 1 rings (SSSR count). The Kier molecular flexibility index (Phi) is 2.39. The second-order valence-electron chi connectivity index (χ2n) is 2.38. The van der Waals surface area contributed by atoms with Gasteiger partial charge in [-0.05, 0) is 0 Å². The zero-order valence-electron chi connectivity index (χ0n) is 5.79. The summed E-state index contributed by atoms with van der Waals surface area (Å²) in [5, 5.41) is 9.07. The number of rotatable bonds is 1. The number of ether oxygens (including phenoxy) is 1. The van der Waals surface area contributed by atoms with Crippen LogP contribution < -0.4 is 0 Å². The predicted molar refractivity (Wildman–Crippen MR) is 38.8 cm³/mol. The van der Waals surface area contributed by atoms with Crippen LogP contribution in [0.2, 0.25) is 0 Å². The maximum atomic E-state index is 9.07. The lowest BCUT2D eigenvalue weighted by Gasteiger charge is -2.37. The largest absolute Gasteiger partial charge is 0.395 e. The molecule has 3 nitrogen and oxygen atoms in total. The van der Waals surface area contributed by atoms with Crippen molar-refractivity contribution in [2.45, 2.75) is 5.52 Å². The van der Waals surface area contributed by atoms with E-state index in [1.165, 1.54) is 0 Å². The lowest BCUT2D eigenvalue weighted by molar-refractivity contribution is -0.0425. The monoisotopic (exact) mass is 137 g/mol. The molecule has 0 spiro atoms. The molecule has 1 N–H and O–H groups in total. The molecule has 5 heteroatoms. The van der Waals surface area contributed by atoms with Crippen molar-refractivity contribution in [1.29, 1.82) is 0 Å². The van der Waals surface area contributed by atoms with Crippen molar-refractivity contribution < 1.29 is 9.84 Å². The molecular weight excluding hydrogens is 128 g/mol. The smallest absolute Gasteiger partial charge is 0.120 e. The molecule has 1 fully saturated rings. The van der Waals surface area contributed by atoms with Crippen LogP contribution in [0.4, 0.5) is 0 Å². The lowest BCUT2D eigenvalue weighted by Crippen LogP contribution is -2.54. The Balaban J connectivity index is 2.39. The third-order valence-electron chi connectivity index (χ3n) is 1.52. The second kappa shape index (κ2) is 2.95. The standard InChI is InChI=1S/C5H9B2NO2/c6-5(7,9)8-1-3-10-4-2-8/h9H,1-4H2. The topological polar surface area (TPSA) is 32.7 Å². The maximum absolute atomic E-state index is 9.07. The van der Waals surface area contributed by atoms with Crippen molar-refractivity contribution in [3.63, 3.8) is 0 Å². The molecule has 1 aliphatic rings. The van der Waals surface area contributed by atoms with Gasteiger partial charge in [0.05, 0.1) is 13.2 Å². The summed E-state index contributed by atoms with van der Waals surface area (Å²) in [5.74, 6) is 0. The quantitative estimate of drug-likeness (QED) is 0.435. The first-order valence-electron chi connectivity index (χ1n) is 3.23. The van der Waals surface area contributed by atoms with Gasteiger partial charge in [-0.15, -0.1) is 0 Å². The van der Waals surface area contributed by atoms with E-state index >= 15 is 0 Å². The molecule has 0 aromatic rings. The van der Waals surface area contributed by atoms with Crippen molar-refractivity contribution in [1.82, 2.24) is 4.90 Å². The summed E-state index contributed by atoms with van der Waals surface area (Å²) in [6.07, 6.45) is 0. The maximum Gasteiger partial charge on any atom is 0.120 e. The van der Waals surface area contributed by atoms with E-state index < -0.39 is 5.52 Å². The van der Waals surface area contributed by atoms with Crippen LogP contribution in [0.15, 0.2) is 0 Å². The van der Waals surface area contributed by atoms with Crippen molar-refractivity contribution in [2.24, 2.45) is 0 Å². The molecular formula is C5H9B2NO2. The minimum Gasteiger partial charge on any atom is -0.395 e. The first-order valence-corrected chi connectivity index (χ1v) is 3.23. The van der Waals surface area contributed by atoms with Gasteiger partial charge in [-0.3, -0.25) is 4.90 Å². The molecule has 52 valence electrons. The predicted octanol–water partition coefficient (Wildman–Crippen LogP) is -1.74. The van der Waals surface area contributed by atoms with Crippen LogP contribution in [0.5, 0.6) is 0 Å². The van der Waals surface area contributed by atoms with Crippen LogP contribution in [0.3, 0.4) is 0 Å². The summed E-state index contributed by atoms with van der Waals surface area (Å²) in [5.41, 5.74) is -1.68. The van der Waals surface area contributed by atoms with Crippen LogP contribution in [0.1, 0.15) is 0 Å². The van der Waals surface area contributed by atoms with Crippen LogP contribution >= 0.6 is 0 Å². The highest BCUT2D eigenvalue weighted by atomic mass is 16.5. The van der Waals surface area contributed by atoms with Crippen molar-refractivity contribution in [3.8, 4) is 0 Å². The van der Waals surface area contributed by atoms with Crippen LogP contribution in [0.25, 0.3) is 0 Å². The molecule has 0 unspecified atom stereocenters. The molecule has 1 saturated heterocycles. The molecule has 1 aliphatic heterocycles. The minimum absolute atomic E-state index is 0.580.